The van der Waals surface area contributed by atoms with Crippen molar-refractivity contribution in [2.75, 3.05) is 6.54 Å². The Morgan fingerprint density at radius 1 is 1.22 bits per heavy atom. The van der Waals surface area contributed by atoms with Gasteiger partial charge in [-0.3, -0.25) is 4.79 Å². The van der Waals surface area contributed by atoms with Crippen molar-refractivity contribution < 1.29 is 26.7 Å². The summed E-state index contributed by atoms with van der Waals surface area (Å²) in [5.74, 6) is -3.10. The molecule has 3 heterocycles. The summed E-state index contributed by atoms with van der Waals surface area (Å²) in [7, 11) is 0. The Kier molecular flexibility index (Phi) is 6.25. The van der Waals surface area contributed by atoms with E-state index in [1.54, 1.807) is 16.9 Å². The number of fused-ring (bicyclic) bond motifs is 2. The lowest BCUT2D eigenvalue weighted by Crippen LogP contribution is -2.42. The molecule has 3 aromatic heterocycles. The molecule has 0 bridgehead atoms. The second kappa shape index (κ2) is 9.25. The Balaban J connectivity index is 1.38. The van der Waals surface area contributed by atoms with Gasteiger partial charge in [-0.15, -0.1) is 0 Å². The van der Waals surface area contributed by atoms with E-state index < -0.39 is 18.5 Å². The molecular weight excluding hydrogens is 481 g/mol. The van der Waals surface area contributed by atoms with Crippen molar-refractivity contribution in [3.05, 3.63) is 65.0 Å². The number of carbonyl (C=O) groups excluding carboxylic acids is 1. The molecule has 6 nitrogen and oxygen atoms in total. The fraction of sp³-hybridized carbons (Fsp3) is 0.440. The topological polar surface area (TPSA) is 72.2 Å². The third-order valence-electron chi connectivity index (χ3n) is 6.61. The maximum atomic E-state index is 13.1. The van der Waals surface area contributed by atoms with Gasteiger partial charge in [-0.25, -0.2) is 23.3 Å². The fourth-order valence-electron chi connectivity index (χ4n) is 4.73. The number of halogens is 5. The number of pyridine rings is 1. The van der Waals surface area contributed by atoms with E-state index in [4.69, 9.17) is 0 Å². The predicted octanol–water partition coefficient (Wildman–Crippen LogP) is 5.16. The standard InChI is InChI=1S/C25H24F5N5O/c26-24(27)10-15(11-24)12-32-23(36)19-14-33-35-8-6-16(9-21(19)35)17-3-1-2-4-20-18(17)13-31-22(34-20)5-7-25(28,29)30/h3,6,8-9,13-15H,1-2,4-5,7,10-12H2,(H,32,36). The van der Waals surface area contributed by atoms with Crippen molar-refractivity contribution in [1.29, 1.82) is 0 Å². The average Bonchev–Trinajstić information content (AvgIpc) is 3.11. The van der Waals surface area contributed by atoms with Gasteiger partial charge in [0, 0.05) is 43.8 Å². The summed E-state index contributed by atoms with van der Waals surface area (Å²) in [6.07, 6.45) is 3.01. The molecule has 3 aromatic rings. The largest absolute Gasteiger partial charge is 0.389 e. The summed E-state index contributed by atoms with van der Waals surface area (Å²) < 4.78 is 65.6. The number of aromatic nitrogens is 4. The molecule has 2 aliphatic rings. The number of rotatable bonds is 6. The lowest BCUT2D eigenvalue weighted by atomic mass is 9.81. The van der Waals surface area contributed by atoms with Crippen molar-refractivity contribution in [1.82, 2.24) is 24.9 Å². The Bertz CT molecular complexity index is 1320. The van der Waals surface area contributed by atoms with E-state index >= 15 is 0 Å². The number of alkyl halides is 5. The summed E-state index contributed by atoms with van der Waals surface area (Å²) in [6, 6.07) is 3.66. The molecule has 0 unspecified atom stereocenters. The Labute approximate surface area is 203 Å². The zero-order valence-electron chi connectivity index (χ0n) is 19.3. The first-order valence-corrected chi connectivity index (χ1v) is 11.8. The number of nitrogens with one attached hydrogen (secondary N) is 1. The molecule has 0 radical (unpaired) electrons. The number of allylic oxidation sites excluding steroid dienone is 1. The van der Waals surface area contributed by atoms with Crippen molar-refractivity contribution in [2.24, 2.45) is 5.92 Å². The Morgan fingerprint density at radius 3 is 2.78 bits per heavy atom. The van der Waals surface area contributed by atoms with Gasteiger partial charge in [0.25, 0.3) is 5.91 Å². The van der Waals surface area contributed by atoms with Gasteiger partial charge >= 0.3 is 6.18 Å². The average molecular weight is 505 g/mol. The number of amides is 1. The monoisotopic (exact) mass is 505 g/mol. The number of carbonyl (C=O) groups is 1. The first-order valence-electron chi connectivity index (χ1n) is 11.8. The lowest BCUT2D eigenvalue weighted by Gasteiger charge is -2.34. The van der Waals surface area contributed by atoms with E-state index in [0.29, 0.717) is 23.2 Å². The van der Waals surface area contributed by atoms with E-state index in [-0.39, 0.29) is 43.5 Å². The van der Waals surface area contributed by atoms with Crippen LogP contribution in [0.2, 0.25) is 0 Å². The van der Waals surface area contributed by atoms with Crippen LogP contribution in [-0.2, 0) is 12.8 Å². The summed E-state index contributed by atoms with van der Waals surface area (Å²) >= 11 is 0. The van der Waals surface area contributed by atoms with Gasteiger partial charge in [-0.05, 0) is 48.4 Å². The van der Waals surface area contributed by atoms with Gasteiger partial charge in [0.15, 0.2) is 0 Å². The van der Waals surface area contributed by atoms with Gasteiger partial charge in [0.05, 0.1) is 29.4 Å². The molecule has 36 heavy (non-hydrogen) atoms. The van der Waals surface area contributed by atoms with Crippen LogP contribution >= 0.6 is 0 Å². The van der Waals surface area contributed by atoms with Crippen molar-refractivity contribution >= 4 is 17.0 Å². The second-order valence-corrected chi connectivity index (χ2v) is 9.42. The number of hydrogen-bond acceptors (Lipinski definition) is 4. The first-order chi connectivity index (χ1) is 17.1. The van der Waals surface area contributed by atoms with E-state index in [2.05, 4.69) is 20.4 Å². The lowest BCUT2D eigenvalue weighted by molar-refractivity contribution is -0.134. The molecule has 0 aromatic carbocycles. The van der Waals surface area contributed by atoms with Gasteiger partial charge < -0.3 is 5.32 Å². The molecular formula is C25H24F5N5O. The molecule has 5 rings (SSSR count). The van der Waals surface area contributed by atoms with Crippen LogP contribution in [0.25, 0.3) is 11.1 Å². The quantitative estimate of drug-likeness (QED) is 0.470. The SMILES string of the molecule is O=C(NCC1CC(F)(F)C1)c1cnn2ccc(C3=CCCCc4nc(CCC(F)(F)F)ncc43)cc12. The minimum atomic E-state index is -4.27. The second-order valence-electron chi connectivity index (χ2n) is 9.42. The summed E-state index contributed by atoms with van der Waals surface area (Å²) in [4.78, 5) is 21.4. The van der Waals surface area contributed by atoms with E-state index in [1.807, 2.05) is 18.2 Å². The summed E-state index contributed by atoms with van der Waals surface area (Å²) in [6.45, 7) is 0.179. The normalized spacial score (nSPS) is 17.8. The smallest absolute Gasteiger partial charge is 0.352 e. The maximum absolute atomic E-state index is 13.1. The first kappa shape index (κ1) is 24.3. The van der Waals surface area contributed by atoms with Crippen LogP contribution in [0, 0.1) is 5.92 Å². The molecule has 0 aliphatic heterocycles. The van der Waals surface area contributed by atoms with Crippen LogP contribution < -0.4 is 5.32 Å². The Hall–Kier alpha value is -3.37. The molecule has 0 spiro atoms. The molecule has 1 fully saturated rings. The fourth-order valence-corrected chi connectivity index (χ4v) is 4.73. The summed E-state index contributed by atoms with van der Waals surface area (Å²) in [5, 5.41) is 6.95. The third kappa shape index (κ3) is 5.24. The number of nitrogens with zero attached hydrogens (tertiary/aromatic N) is 4. The van der Waals surface area contributed by atoms with Gasteiger partial charge in [-0.1, -0.05) is 6.08 Å². The van der Waals surface area contributed by atoms with Crippen LogP contribution in [0.5, 0.6) is 0 Å². The highest BCUT2D eigenvalue weighted by molar-refractivity contribution is 6.01. The van der Waals surface area contributed by atoms with Gasteiger partial charge in [0.2, 0.25) is 5.92 Å². The minimum Gasteiger partial charge on any atom is -0.352 e. The molecule has 1 saturated carbocycles. The molecule has 0 saturated heterocycles. The van der Waals surface area contributed by atoms with Crippen LogP contribution in [-0.4, -0.2) is 44.1 Å². The molecule has 1 amide bonds. The van der Waals surface area contributed by atoms with Gasteiger partial charge in [0.1, 0.15) is 5.82 Å². The molecule has 1 N–H and O–H groups in total. The highest BCUT2D eigenvalue weighted by atomic mass is 19.4. The van der Waals surface area contributed by atoms with Crippen LogP contribution in [0.15, 0.2) is 36.8 Å². The third-order valence-corrected chi connectivity index (χ3v) is 6.61. The number of aryl methyl sites for hydroxylation is 2. The maximum Gasteiger partial charge on any atom is 0.389 e. The number of hydrogen-bond donors (Lipinski definition) is 1. The van der Waals surface area contributed by atoms with Gasteiger partial charge in [-0.2, -0.15) is 18.3 Å². The minimum absolute atomic E-state index is 0.168. The van der Waals surface area contributed by atoms with Crippen molar-refractivity contribution in [3.8, 4) is 0 Å². The zero-order valence-corrected chi connectivity index (χ0v) is 19.3. The van der Waals surface area contributed by atoms with Crippen LogP contribution in [0.1, 0.15) is 65.1 Å². The van der Waals surface area contributed by atoms with E-state index in [9.17, 15) is 26.7 Å². The van der Waals surface area contributed by atoms with Crippen LogP contribution in [0.4, 0.5) is 22.0 Å². The van der Waals surface area contributed by atoms with Crippen molar-refractivity contribution in [2.45, 2.75) is 57.0 Å². The highest BCUT2D eigenvalue weighted by Crippen LogP contribution is 2.41. The van der Waals surface area contributed by atoms with E-state index in [1.165, 1.54) is 6.20 Å². The zero-order chi connectivity index (χ0) is 25.5. The molecule has 2 aliphatic carbocycles. The Morgan fingerprint density at radius 2 is 2.03 bits per heavy atom. The molecule has 190 valence electrons. The van der Waals surface area contributed by atoms with E-state index in [0.717, 1.165) is 29.5 Å². The highest BCUT2D eigenvalue weighted by Gasteiger charge is 2.45. The molecule has 11 heteroatoms. The molecule has 0 atom stereocenters. The van der Waals surface area contributed by atoms with Crippen molar-refractivity contribution in [3.63, 3.8) is 0 Å². The van der Waals surface area contributed by atoms with Crippen LogP contribution in [0.3, 0.4) is 0 Å². The summed E-state index contributed by atoms with van der Waals surface area (Å²) in [5.41, 5.74) is 3.98. The predicted molar refractivity (Wildman–Crippen MR) is 122 cm³/mol.